The molecule has 1 atom stereocenters. The normalized spacial score (nSPS) is 17.4. The largest absolute Gasteiger partial charge is 0.353 e. The zero-order chi connectivity index (χ0) is 17.6. The van der Waals surface area contributed by atoms with Crippen LogP contribution in [-0.4, -0.2) is 40.1 Å². The summed E-state index contributed by atoms with van der Waals surface area (Å²) in [5.41, 5.74) is 0.956. The van der Waals surface area contributed by atoms with Gasteiger partial charge in [-0.25, -0.2) is 0 Å². The van der Waals surface area contributed by atoms with Gasteiger partial charge in [0, 0.05) is 17.5 Å². The minimum Gasteiger partial charge on any atom is -0.353 e. The lowest BCUT2D eigenvalue weighted by molar-refractivity contribution is -0.127. The maximum absolute atomic E-state index is 12.2. The Kier molecular flexibility index (Phi) is 5.81. The third-order valence-corrected chi connectivity index (χ3v) is 4.82. The number of nitrogens with zero attached hydrogens (tertiary/aromatic N) is 3. The van der Waals surface area contributed by atoms with Gasteiger partial charge in [0.1, 0.15) is 0 Å². The lowest BCUT2D eigenvalue weighted by Crippen LogP contribution is -2.42. The number of hydrogen-bond acceptors (Lipinski definition) is 5. The van der Waals surface area contributed by atoms with Crippen molar-refractivity contribution in [2.75, 3.05) is 13.1 Å². The lowest BCUT2D eigenvalue weighted by atomic mass is 9.95. The van der Waals surface area contributed by atoms with Crippen LogP contribution in [0.4, 0.5) is 0 Å². The maximum Gasteiger partial charge on any atom is 0.241 e. The zero-order valence-corrected chi connectivity index (χ0v) is 14.9. The molecular weight excluding hydrogens is 316 g/mol. The van der Waals surface area contributed by atoms with E-state index in [1.54, 1.807) is 0 Å². The third-order valence-electron chi connectivity index (χ3n) is 4.82. The van der Waals surface area contributed by atoms with Crippen molar-refractivity contribution in [3.63, 3.8) is 0 Å². The monoisotopic (exact) mass is 342 g/mol. The summed E-state index contributed by atoms with van der Waals surface area (Å²) in [6.45, 7) is 6.53. The van der Waals surface area contributed by atoms with Gasteiger partial charge in [-0.1, -0.05) is 42.4 Å². The topological polar surface area (TPSA) is 71.3 Å². The molecule has 1 aromatic heterocycles. The first-order valence-corrected chi connectivity index (χ1v) is 9.06. The summed E-state index contributed by atoms with van der Waals surface area (Å²) in [6, 6.07) is 10.1. The van der Waals surface area contributed by atoms with E-state index in [2.05, 4.69) is 27.3 Å². The Labute approximate surface area is 148 Å². The number of piperidine rings is 1. The van der Waals surface area contributed by atoms with Crippen LogP contribution in [0, 0.1) is 5.92 Å². The number of carbonyl (C=O) groups excluding carboxylic acids is 1. The van der Waals surface area contributed by atoms with E-state index in [9.17, 15) is 4.79 Å². The number of carbonyl (C=O) groups is 1. The number of amides is 1. The molecule has 25 heavy (non-hydrogen) atoms. The molecule has 0 aliphatic carbocycles. The van der Waals surface area contributed by atoms with Crippen molar-refractivity contribution in [3.8, 4) is 11.4 Å². The first kappa shape index (κ1) is 17.6. The predicted molar refractivity (Wildman–Crippen MR) is 95.6 cm³/mol. The molecule has 2 heterocycles. The molecule has 0 saturated carbocycles. The lowest BCUT2D eigenvalue weighted by Gasteiger charge is -2.30. The second-order valence-electron chi connectivity index (χ2n) is 6.75. The molecule has 0 radical (unpaired) electrons. The van der Waals surface area contributed by atoms with Crippen LogP contribution < -0.4 is 5.32 Å². The predicted octanol–water partition coefficient (Wildman–Crippen LogP) is 2.86. The highest BCUT2D eigenvalue weighted by Crippen LogP contribution is 2.20. The van der Waals surface area contributed by atoms with Gasteiger partial charge in [-0.2, -0.15) is 4.98 Å². The molecule has 0 bridgehead atoms. The summed E-state index contributed by atoms with van der Waals surface area (Å²) in [5, 5.41) is 7.15. The molecule has 1 aliphatic heterocycles. The highest BCUT2D eigenvalue weighted by Gasteiger charge is 2.26. The number of hydrogen-bond donors (Lipinski definition) is 1. The highest BCUT2D eigenvalue weighted by molar-refractivity contribution is 5.79. The van der Waals surface area contributed by atoms with Crippen molar-refractivity contribution in [2.24, 2.45) is 5.92 Å². The molecule has 134 valence electrons. The van der Waals surface area contributed by atoms with Gasteiger partial charge in [0.25, 0.3) is 0 Å². The van der Waals surface area contributed by atoms with E-state index in [1.165, 1.54) is 0 Å². The molecule has 1 amide bonds. The summed E-state index contributed by atoms with van der Waals surface area (Å²) >= 11 is 0. The van der Waals surface area contributed by atoms with Crippen molar-refractivity contribution in [3.05, 3.63) is 36.2 Å². The van der Waals surface area contributed by atoms with Crippen molar-refractivity contribution < 1.29 is 9.32 Å². The van der Waals surface area contributed by atoms with E-state index in [4.69, 9.17) is 4.52 Å². The number of rotatable bonds is 6. The number of benzene rings is 1. The van der Waals surface area contributed by atoms with Crippen molar-refractivity contribution in [1.82, 2.24) is 20.4 Å². The van der Waals surface area contributed by atoms with E-state index in [-0.39, 0.29) is 17.9 Å². The Balaban J connectivity index is 1.50. The third kappa shape index (κ3) is 4.66. The second kappa shape index (κ2) is 8.25. The maximum atomic E-state index is 12.2. The molecule has 1 saturated heterocycles. The van der Waals surface area contributed by atoms with Gasteiger partial charge in [0.15, 0.2) is 0 Å². The van der Waals surface area contributed by atoms with Crippen molar-refractivity contribution >= 4 is 5.91 Å². The summed E-state index contributed by atoms with van der Waals surface area (Å²) in [6.07, 6.45) is 2.72. The van der Waals surface area contributed by atoms with Gasteiger partial charge in [-0.3, -0.25) is 9.69 Å². The molecule has 1 N–H and O–H groups in total. The van der Waals surface area contributed by atoms with Crippen LogP contribution in [0.3, 0.4) is 0 Å². The smallest absolute Gasteiger partial charge is 0.241 e. The molecule has 2 aromatic rings. The molecule has 0 unspecified atom stereocenters. The molecule has 1 fully saturated rings. The average molecular weight is 342 g/mol. The molecule has 3 rings (SSSR count). The Morgan fingerprint density at radius 1 is 1.32 bits per heavy atom. The summed E-state index contributed by atoms with van der Waals surface area (Å²) in [4.78, 5) is 19.0. The Morgan fingerprint density at radius 2 is 2.04 bits per heavy atom. The fraction of sp³-hybridized carbons (Fsp3) is 0.526. The number of aromatic nitrogens is 2. The van der Waals surface area contributed by atoms with Crippen molar-refractivity contribution in [2.45, 2.75) is 45.7 Å². The second-order valence-corrected chi connectivity index (χ2v) is 6.75. The van der Waals surface area contributed by atoms with E-state index >= 15 is 0 Å². The fourth-order valence-corrected chi connectivity index (χ4v) is 3.03. The SMILES string of the molecule is CC[C@@H](C)NC(=O)C1CCN(Cc2nc(-c3ccccc3)no2)CC1. The van der Waals surface area contributed by atoms with Crippen LogP contribution in [0.5, 0.6) is 0 Å². The Bertz CT molecular complexity index is 678. The van der Waals surface area contributed by atoms with Gasteiger partial charge in [-0.15, -0.1) is 0 Å². The molecule has 1 aliphatic rings. The minimum absolute atomic E-state index is 0.118. The quantitative estimate of drug-likeness (QED) is 0.874. The number of nitrogens with one attached hydrogen (secondary N) is 1. The summed E-state index contributed by atoms with van der Waals surface area (Å²) in [7, 11) is 0. The van der Waals surface area contributed by atoms with Crippen LogP contribution in [0.25, 0.3) is 11.4 Å². The van der Waals surface area contributed by atoms with E-state index in [0.29, 0.717) is 18.3 Å². The average Bonchev–Trinajstić information content (AvgIpc) is 3.11. The van der Waals surface area contributed by atoms with E-state index in [1.807, 2.05) is 37.3 Å². The van der Waals surface area contributed by atoms with Gasteiger partial charge < -0.3 is 9.84 Å². The molecular formula is C19H26N4O2. The van der Waals surface area contributed by atoms with Crippen molar-refractivity contribution in [1.29, 1.82) is 0 Å². The zero-order valence-electron chi connectivity index (χ0n) is 14.9. The van der Waals surface area contributed by atoms with Gasteiger partial charge in [0.05, 0.1) is 6.54 Å². The minimum atomic E-state index is 0.118. The fourth-order valence-electron chi connectivity index (χ4n) is 3.03. The first-order chi connectivity index (χ1) is 12.2. The van der Waals surface area contributed by atoms with Gasteiger partial charge in [-0.05, 0) is 39.3 Å². The van der Waals surface area contributed by atoms with E-state index in [0.717, 1.165) is 37.9 Å². The Hall–Kier alpha value is -2.21. The standard InChI is InChI=1S/C19H26N4O2/c1-3-14(2)20-19(24)16-9-11-23(12-10-16)13-17-21-18(22-25-17)15-7-5-4-6-8-15/h4-8,14,16H,3,9-13H2,1-2H3,(H,20,24)/t14-/m1/s1. The van der Waals surface area contributed by atoms with E-state index < -0.39 is 0 Å². The summed E-state index contributed by atoms with van der Waals surface area (Å²) in [5.74, 6) is 1.56. The van der Waals surface area contributed by atoms with Crippen LogP contribution >= 0.6 is 0 Å². The molecule has 0 spiro atoms. The first-order valence-electron chi connectivity index (χ1n) is 9.06. The van der Waals surface area contributed by atoms with Gasteiger partial charge in [0.2, 0.25) is 17.6 Å². The summed E-state index contributed by atoms with van der Waals surface area (Å²) < 4.78 is 5.38. The Morgan fingerprint density at radius 3 is 2.72 bits per heavy atom. The van der Waals surface area contributed by atoms with Crippen LogP contribution in [-0.2, 0) is 11.3 Å². The van der Waals surface area contributed by atoms with Crippen LogP contribution in [0.1, 0.15) is 39.0 Å². The molecule has 6 nitrogen and oxygen atoms in total. The van der Waals surface area contributed by atoms with Crippen LogP contribution in [0.2, 0.25) is 0 Å². The van der Waals surface area contributed by atoms with Gasteiger partial charge >= 0.3 is 0 Å². The number of likely N-dealkylation sites (tertiary alicyclic amines) is 1. The molecule has 6 heteroatoms. The van der Waals surface area contributed by atoms with Crippen LogP contribution in [0.15, 0.2) is 34.9 Å². The molecule has 1 aromatic carbocycles. The highest BCUT2D eigenvalue weighted by atomic mass is 16.5.